The number of thioether (sulfide) groups is 1. The SMILES string of the molecule is CC.CCOC(=O)c1cnc(SC(C)(C)C(O)c2ccccc2)[nH]1. The predicted octanol–water partition coefficient (Wildman–Crippen LogP) is 4.22. The van der Waals surface area contributed by atoms with Crippen LogP contribution in [0.3, 0.4) is 0 Å². The lowest BCUT2D eigenvalue weighted by atomic mass is 9.98. The Hall–Kier alpha value is -1.79. The van der Waals surface area contributed by atoms with E-state index in [0.29, 0.717) is 17.5 Å². The molecule has 1 aromatic carbocycles. The number of rotatable bonds is 6. The number of aliphatic hydroxyl groups excluding tert-OH is 1. The van der Waals surface area contributed by atoms with E-state index in [9.17, 15) is 9.90 Å². The Morgan fingerprint density at radius 1 is 1.33 bits per heavy atom. The molecular weight excluding hydrogens is 324 g/mol. The Morgan fingerprint density at radius 3 is 2.54 bits per heavy atom. The highest BCUT2D eigenvalue weighted by molar-refractivity contribution is 8.00. The van der Waals surface area contributed by atoms with Gasteiger partial charge in [0.15, 0.2) is 5.16 Å². The van der Waals surface area contributed by atoms with Crippen molar-refractivity contribution >= 4 is 17.7 Å². The number of carbonyl (C=O) groups excluding carboxylic acids is 1. The zero-order valence-electron chi connectivity index (χ0n) is 14.9. The molecule has 5 nitrogen and oxygen atoms in total. The summed E-state index contributed by atoms with van der Waals surface area (Å²) in [6.07, 6.45) is 0.792. The minimum absolute atomic E-state index is 0.314. The number of H-pyrrole nitrogens is 1. The molecule has 0 amide bonds. The summed E-state index contributed by atoms with van der Waals surface area (Å²) in [5, 5.41) is 11.1. The van der Waals surface area contributed by atoms with Gasteiger partial charge in [0.2, 0.25) is 0 Å². The van der Waals surface area contributed by atoms with E-state index in [1.165, 1.54) is 18.0 Å². The number of nitrogens with one attached hydrogen (secondary N) is 1. The Morgan fingerprint density at radius 2 is 1.96 bits per heavy atom. The van der Waals surface area contributed by atoms with E-state index in [1.807, 2.05) is 58.0 Å². The van der Waals surface area contributed by atoms with Gasteiger partial charge in [-0.2, -0.15) is 0 Å². The van der Waals surface area contributed by atoms with Crippen LogP contribution in [0.1, 0.15) is 56.8 Å². The van der Waals surface area contributed by atoms with E-state index in [2.05, 4.69) is 9.97 Å². The molecule has 0 saturated carbocycles. The second kappa shape index (κ2) is 9.49. The number of ether oxygens (including phenoxy) is 1. The number of nitrogens with zero attached hydrogens (tertiary/aromatic N) is 1. The van der Waals surface area contributed by atoms with Gasteiger partial charge in [0, 0.05) is 4.75 Å². The van der Waals surface area contributed by atoms with E-state index in [1.54, 1.807) is 6.92 Å². The van der Waals surface area contributed by atoms with Crippen LogP contribution in [-0.2, 0) is 4.74 Å². The summed E-state index contributed by atoms with van der Waals surface area (Å²) in [6, 6.07) is 9.48. The molecule has 1 heterocycles. The van der Waals surface area contributed by atoms with Crippen LogP contribution in [0.2, 0.25) is 0 Å². The van der Waals surface area contributed by atoms with Crippen LogP contribution in [0.4, 0.5) is 0 Å². The van der Waals surface area contributed by atoms with Crippen molar-refractivity contribution in [3.63, 3.8) is 0 Å². The molecule has 0 aliphatic rings. The van der Waals surface area contributed by atoms with Gasteiger partial charge < -0.3 is 14.8 Å². The monoisotopic (exact) mass is 350 g/mol. The fraction of sp³-hybridized carbons (Fsp3) is 0.444. The van der Waals surface area contributed by atoms with E-state index >= 15 is 0 Å². The lowest BCUT2D eigenvalue weighted by Crippen LogP contribution is -2.25. The normalized spacial score (nSPS) is 12.1. The molecule has 2 aromatic rings. The van der Waals surface area contributed by atoms with Gasteiger partial charge in [0.1, 0.15) is 5.69 Å². The van der Waals surface area contributed by atoms with Crippen LogP contribution in [-0.4, -0.2) is 32.4 Å². The van der Waals surface area contributed by atoms with Crippen LogP contribution in [0, 0.1) is 0 Å². The smallest absolute Gasteiger partial charge is 0.356 e. The summed E-state index contributed by atoms with van der Waals surface area (Å²) in [5.41, 5.74) is 1.16. The third kappa shape index (κ3) is 5.39. The van der Waals surface area contributed by atoms with Gasteiger partial charge in [-0.05, 0) is 26.3 Å². The van der Waals surface area contributed by atoms with Crippen LogP contribution in [0.25, 0.3) is 0 Å². The molecule has 0 aliphatic carbocycles. The number of aliphatic hydroxyl groups is 1. The summed E-state index contributed by atoms with van der Waals surface area (Å²) in [6.45, 7) is 9.94. The lowest BCUT2D eigenvalue weighted by Gasteiger charge is -2.29. The number of carbonyl (C=O) groups is 1. The molecule has 0 aliphatic heterocycles. The van der Waals surface area contributed by atoms with Gasteiger partial charge in [0.05, 0.1) is 18.9 Å². The minimum Gasteiger partial charge on any atom is -0.461 e. The van der Waals surface area contributed by atoms with Crippen molar-refractivity contribution in [3.05, 3.63) is 47.8 Å². The lowest BCUT2D eigenvalue weighted by molar-refractivity contribution is 0.0519. The van der Waals surface area contributed by atoms with Gasteiger partial charge in [-0.1, -0.05) is 55.9 Å². The van der Waals surface area contributed by atoms with E-state index in [0.717, 1.165) is 5.56 Å². The van der Waals surface area contributed by atoms with E-state index in [4.69, 9.17) is 4.74 Å². The summed E-state index contributed by atoms with van der Waals surface area (Å²) in [7, 11) is 0. The first kappa shape index (κ1) is 20.3. The van der Waals surface area contributed by atoms with Crippen molar-refractivity contribution in [2.24, 2.45) is 0 Å². The molecule has 0 bridgehead atoms. The molecule has 1 unspecified atom stereocenters. The Balaban J connectivity index is 0.00000139. The molecule has 0 fully saturated rings. The quantitative estimate of drug-likeness (QED) is 0.603. The van der Waals surface area contributed by atoms with Crippen molar-refractivity contribution in [1.82, 2.24) is 9.97 Å². The number of aromatic amines is 1. The fourth-order valence-corrected chi connectivity index (χ4v) is 3.02. The van der Waals surface area contributed by atoms with Crippen molar-refractivity contribution in [1.29, 1.82) is 0 Å². The van der Waals surface area contributed by atoms with Gasteiger partial charge in [-0.3, -0.25) is 0 Å². The second-order valence-corrected chi connectivity index (χ2v) is 6.98. The third-order valence-corrected chi connectivity index (χ3v) is 4.33. The highest BCUT2D eigenvalue weighted by Gasteiger charge is 2.31. The summed E-state index contributed by atoms with van der Waals surface area (Å²) in [5.74, 6) is -0.428. The van der Waals surface area contributed by atoms with Gasteiger partial charge in [-0.25, -0.2) is 9.78 Å². The van der Waals surface area contributed by atoms with Crippen LogP contribution in [0.15, 0.2) is 41.7 Å². The van der Waals surface area contributed by atoms with Crippen molar-refractivity contribution in [3.8, 4) is 0 Å². The first-order valence-corrected chi connectivity index (χ1v) is 8.90. The fourth-order valence-electron chi connectivity index (χ4n) is 2.01. The second-order valence-electron chi connectivity index (χ2n) is 5.34. The van der Waals surface area contributed by atoms with Gasteiger partial charge in [0.25, 0.3) is 0 Å². The molecular formula is C18H26N2O3S. The molecule has 2 N–H and O–H groups in total. The van der Waals surface area contributed by atoms with Gasteiger partial charge in [-0.15, -0.1) is 0 Å². The number of benzene rings is 1. The topological polar surface area (TPSA) is 75.2 Å². The van der Waals surface area contributed by atoms with E-state index < -0.39 is 16.8 Å². The molecule has 0 spiro atoms. The number of hydrogen-bond donors (Lipinski definition) is 2. The largest absolute Gasteiger partial charge is 0.461 e. The van der Waals surface area contributed by atoms with E-state index in [-0.39, 0.29) is 0 Å². The molecule has 6 heteroatoms. The Bertz CT molecular complexity index is 626. The molecule has 0 saturated heterocycles. The number of hydrogen-bond acceptors (Lipinski definition) is 5. The van der Waals surface area contributed by atoms with Crippen molar-refractivity contribution in [2.45, 2.75) is 50.6 Å². The van der Waals surface area contributed by atoms with Crippen LogP contribution < -0.4 is 0 Å². The van der Waals surface area contributed by atoms with Crippen LogP contribution in [0.5, 0.6) is 0 Å². The summed E-state index contributed by atoms with van der Waals surface area (Å²) >= 11 is 1.38. The zero-order chi connectivity index (χ0) is 18.2. The minimum atomic E-state index is -0.658. The highest BCUT2D eigenvalue weighted by Crippen LogP contribution is 2.40. The number of imidazole rings is 1. The summed E-state index contributed by atoms with van der Waals surface area (Å²) < 4.78 is 4.41. The molecule has 132 valence electrons. The number of aromatic nitrogens is 2. The zero-order valence-corrected chi connectivity index (χ0v) is 15.7. The maximum atomic E-state index is 11.6. The average Bonchev–Trinajstić information content (AvgIpc) is 3.05. The maximum Gasteiger partial charge on any atom is 0.356 e. The molecule has 24 heavy (non-hydrogen) atoms. The molecule has 2 rings (SSSR count). The van der Waals surface area contributed by atoms with Gasteiger partial charge >= 0.3 is 5.97 Å². The predicted molar refractivity (Wildman–Crippen MR) is 97.2 cm³/mol. The third-order valence-electron chi connectivity index (χ3n) is 3.18. The average molecular weight is 350 g/mol. The molecule has 0 radical (unpaired) electrons. The Labute approximate surface area is 147 Å². The number of esters is 1. The Kier molecular flexibility index (Phi) is 8.01. The van der Waals surface area contributed by atoms with Crippen molar-refractivity contribution in [2.75, 3.05) is 6.61 Å². The molecule has 1 aromatic heterocycles. The van der Waals surface area contributed by atoms with Crippen LogP contribution >= 0.6 is 11.8 Å². The first-order chi connectivity index (χ1) is 11.4. The first-order valence-electron chi connectivity index (χ1n) is 8.08. The molecule has 1 atom stereocenters. The maximum absolute atomic E-state index is 11.6. The standard InChI is InChI=1S/C16H20N2O3S.C2H6/c1-4-21-14(20)12-10-17-15(18-12)22-16(2,3)13(19)11-8-6-5-7-9-11;1-2/h5-10,13,19H,4H2,1-3H3,(H,17,18);1-2H3. The highest BCUT2D eigenvalue weighted by atomic mass is 32.2. The van der Waals surface area contributed by atoms with Crippen molar-refractivity contribution < 1.29 is 14.6 Å². The summed E-state index contributed by atoms with van der Waals surface area (Å²) in [4.78, 5) is 18.7.